The van der Waals surface area contributed by atoms with Gasteiger partial charge in [0.05, 0.1) is 0 Å². The highest BCUT2D eigenvalue weighted by atomic mass is 16.2. The highest BCUT2D eigenvalue weighted by Gasteiger charge is 2.23. The zero-order valence-corrected chi connectivity index (χ0v) is 12.7. The van der Waals surface area contributed by atoms with Crippen molar-refractivity contribution in [1.82, 2.24) is 10.6 Å². The van der Waals surface area contributed by atoms with E-state index >= 15 is 0 Å². The summed E-state index contributed by atoms with van der Waals surface area (Å²) in [7, 11) is 0. The third kappa shape index (κ3) is 8.59. The molecule has 5 heteroatoms. The van der Waals surface area contributed by atoms with Crippen molar-refractivity contribution in [3.05, 3.63) is 0 Å². The molecule has 0 aliphatic rings. The second-order valence-electron chi connectivity index (χ2n) is 5.67. The van der Waals surface area contributed by atoms with Crippen molar-refractivity contribution in [2.24, 2.45) is 17.6 Å². The van der Waals surface area contributed by atoms with Gasteiger partial charge in [0, 0.05) is 13.0 Å². The zero-order valence-electron chi connectivity index (χ0n) is 12.7. The van der Waals surface area contributed by atoms with E-state index in [1.54, 1.807) is 0 Å². The zero-order chi connectivity index (χ0) is 14.8. The molecule has 0 aliphatic heterocycles. The molecule has 0 spiro atoms. The average molecular weight is 271 g/mol. The van der Waals surface area contributed by atoms with Crippen LogP contribution in [0, 0.1) is 11.8 Å². The van der Waals surface area contributed by atoms with E-state index in [4.69, 9.17) is 5.73 Å². The van der Waals surface area contributed by atoms with Crippen LogP contribution in [-0.2, 0) is 9.59 Å². The molecule has 19 heavy (non-hydrogen) atoms. The molecule has 0 heterocycles. The summed E-state index contributed by atoms with van der Waals surface area (Å²) in [5.41, 5.74) is 5.40. The van der Waals surface area contributed by atoms with Crippen molar-refractivity contribution in [2.45, 2.75) is 53.0 Å². The van der Waals surface area contributed by atoms with Gasteiger partial charge in [0.2, 0.25) is 11.8 Å². The van der Waals surface area contributed by atoms with Crippen LogP contribution in [0.4, 0.5) is 0 Å². The molecule has 4 N–H and O–H groups in total. The lowest BCUT2D eigenvalue weighted by molar-refractivity contribution is -0.130. The normalized spacial score (nSPS) is 12.6. The van der Waals surface area contributed by atoms with Crippen molar-refractivity contribution < 1.29 is 9.59 Å². The Bertz CT molecular complexity index is 278. The van der Waals surface area contributed by atoms with Gasteiger partial charge in [-0.15, -0.1) is 0 Å². The van der Waals surface area contributed by atoms with Gasteiger partial charge in [0.15, 0.2) is 0 Å². The molecule has 0 aromatic heterocycles. The third-order valence-corrected chi connectivity index (χ3v) is 2.79. The molecule has 2 amide bonds. The van der Waals surface area contributed by atoms with E-state index in [2.05, 4.69) is 10.6 Å². The SMILES string of the molecule is CC(C)CC(=O)NC(C(=O)NCCCCN)C(C)C. The number of nitrogens with two attached hydrogens (primary N) is 1. The van der Waals surface area contributed by atoms with Crippen LogP contribution >= 0.6 is 0 Å². The van der Waals surface area contributed by atoms with Gasteiger partial charge < -0.3 is 16.4 Å². The second-order valence-corrected chi connectivity index (χ2v) is 5.67. The molecule has 5 nitrogen and oxygen atoms in total. The molecule has 1 atom stereocenters. The van der Waals surface area contributed by atoms with Gasteiger partial charge in [-0.25, -0.2) is 0 Å². The van der Waals surface area contributed by atoms with E-state index in [1.807, 2.05) is 27.7 Å². The highest BCUT2D eigenvalue weighted by molar-refractivity contribution is 5.87. The van der Waals surface area contributed by atoms with Crippen LogP contribution in [0.2, 0.25) is 0 Å². The maximum atomic E-state index is 12.0. The van der Waals surface area contributed by atoms with Gasteiger partial charge in [0.25, 0.3) is 0 Å². The summed E-state index contributed by atoms with van der Waals surface area (Å²) in [5, 5.41) is 5.66. The predicted octanol–water partition coefficient (Wildman–Crippen LogP) is 1.03. The van der Waals surface area contributed by atoms with Crippen LogP contribution in [0.15, 0.2) is 0 Å². The molecule has 0 radical (unpaired) electrons. The van der Waals surface area contributed by atoms with Crippen LogP contribution < -0.4 is 16.4 Å². The van der Waals surface area contributed by atoms with Gasteiger partial charge >= 0.3 is 0 Å². The molecule has 0 aromatic rings. The maximum absolute atomic E-state index is 12.0. The van der Waals surface area contributed by atoms with Crippen molar-refractivity contribution in [3.63, 3.8) is 0 Å². The first kappa shape index (κ1) is 17.9. The van der Waals surface area contributed by atoms with Crippen LogP contribution in [0.25, 0.3) is 0 Å². The minimum Gasteiger partial charge on any atom is -0.354 e. The molecule has 112 valence electrons. The molecule has 0 aromatic carbocycles. The van der Waals surface area contributed by atoms with Crippen LogP contribution in [0.3, 0.4) is 0 Å². The molecular formula is C14H29N3O2. The molecule has 0 fully saturated rings. The Hall–Kier alpha value is -1.10. The largest absolute Gasteiger partial charge is 0.354 e. The summed E-state index contributed by atoms with van der Waals surface area (Å²) in [6.07, 6.45) is 2.21. The van der Waals surface area contributed by atoms with Crippen LogP contribution in [0.1, 0.15) is 47.0 Å². The Morgan fingerprint density at radius 2 is 1.74 bits per heavy atom. The number of carbonyl (C=O) groups is 2. The van der Waals surface area contributed by atoms with E-state index in [0.29, 0.717) is 25.4 Å². The van der Waals surface area contributed by atoms with Crippen molar-refractivity contribution in [2.75, 3.05) is 13.1 Å². The standard InChI is InChI=1S/C14H29N3O2/c1-10(2)9-12(18)17-13(11(3)4)14(19)16-8-6-5-7-15/h10-11,13H,5-9,15H2,1-4H3,(H,16,19)(H,17,18). The first-order chi connectivity index (χ1) is 8.88. The molecule has 1 unspecified atom stereocenters. The van der Waals surface area contributed by atoms with Crippen molar-refractivity contribution in [3.8, 4) is 0 Å². The van der Waals surface area contributed by atoms with Gasteiger partial charge in [0.1, 0.15) is 6.04 Å². The van der Waals surface area contributed by atoms with E-state index in [-0.39, 0.29) is 17.7 Å². The minimum atomic E-state index is -0.455. The van der Waals surface area contributed by atoms with E-state index in [9.17, 15) is 9.59 Å². The van der Waals surface area contributed by atoms with Crippen LogP contribution in [-0.4, -0.2) is 30.9 Å². The highest BCUT2D eigenvalue weighted by Crippen LogP contribution is 2.05. The molecule has 0 bridgehead atoms. The summed E-state index contributed by atoms with van der Waals surface area (Å²) >= 11 is 0. The van der Waals surface area contributed by atoms with Crippen molar-refractivity contribution >= 4 is 11.8 Å². The van der Waals surface area contributed by atoms with Gasteiger partial charge in [-0.3, -0.25) is 9.59 Å². The molecule has 0 rings (SSSR count). The second kappa shape index (κ2) is 9.78. The summed E-state index contributed by atoms with van der Waals surface area (Å²) in [4.78, 5) is 23.8. The summed E-state index contributed by atoms with van der Waals surface area (Å²) in [6.45, 7) is 9.07. The Balaban J connectivity index is 4.23. The molecule has 0 saturated carbocycles. The van der Waals surface area contributed by atoms with Gasteiger partial charge in [-0.1, -0.05) is 27.7 Å². The number of nitrogens with one attached hydrogen (secondary N) is 2. The minimum absolute atomic E-state index is 0.0641. The summed E-state index contributed by atoms with van der Waals surface area (Å²) < 4.78 is 0. The number of rotatable bonds is 9. The van der Waals surface area contributed by atoms with Gasteiger partial charge in [-0.2, -0.15) is 0 Å². The van der Waals surface area contributed by atoms with E-state index < -0.39 is 6.04 Å². The smallest absolute Gasteiger partial charge is 0.242 e. The summed E-state index contributed by atoms with van der Waals surface area (Å²) in [6, 6.07) is -0.455. The fourth-order valence-corrected chi connectivity index (χ4v) is 1.73. The number of unbranched alkanes of at least 4 members (excludes halogenated alkanes) is 1. The van der Waals surface area contributed by atoms with Crippen molar-refractivity contribution in [1.29, 1.82) is 0 Å². The predicted molar refractivity (Wildman–Crippen MR) is 77.5 cm³/mol. The number of amides is 2. The average Bonchev–Trinajstić information content (AvgIpc) is 2.30. The Labute approximate surface area is 116 Å². The fraction of sp³-hybridized carbons (Fsp3) is 0.857. The topological polar surface area (TPSA) is 84.2 Å². The number of hydrogen-bond acceptors (Lipinski definition) is 3. The Kier molecular flexibility index (Phi) is 9.21. The molecule has 0 saturated heterocycles. The number of carbonyl (C=O) groups excluding carboxylic acids is 2. The number of hydrogen-bond donors (Lipinski definition) is 3. The van der Waals surface area contributed by atoms with Gasteiger partial charge in [-0.05, 0) is 31.2 Å². The molecular weight excluding hydrogens is 242 g/mol. The molecule has 0 aliphatic carbocycles. The Morgan fingerprint density at radius 3 is 2.21 bits per heavy atom. The Morgan fingerprint density at radius 1 is 1.11 bits per heavy atom. The third-order valence-electron chi connectivity index (χ3n) is 2.79. The van der Waals surface area contributed by atoms with E-state index in [1.165, 1.54) is 0 Å². The lowest BCUT2D eigenvalue weighted by atomic mass is 10.0. The lowest BCUT2D eigenvalue weighted by Gasteiger charge is -2.22. The first-order valence-corrected chi connectivity index (χ1v) is 7.15. The first-order valence-electron chi connectivity index (χ1n) is 7.15. The fourth-order valence-electron chi connectivity index (χ4n) is 1.73. The maximum Gasteiger partial charge on any atom is 0.242 e. The monoisotopic (exact) mass is 271 g/mol. The summed E-state index contributed by atoms with van der Waals surface area (Å²) in [5.74, 6) is 0.195. The lowest BCUT2D eigenvalue weighted by Crippen LogP contribution is -2.50. The quantitative estimate of drug-likeness (QED) is 0.548. The van der Waals surface area contributed by atoms with E-state index in [0.717, 1.165) is 12.8 Å². The van der Waals surface area contributed by atoms with Crippen LogP contribution in [0.5, 0.6) is 0 Å².